The number of unbranched alkanes of at least 4 members (excludes halogenated alkanes) is 2. The maximum Gasteiger partial charge on any atom is 0.0923 e. The summed E-state index contributed by atoms with van der Waals surface area (Å²) in [7, 11) is 0. The molecule has 1 rings (SSSR count). The number of imidazole rings is 1. The SMILES string of the molecule is C=C[CH]CCCc1c[nH]cn1. The van der Waals surface area contributed by atoms with Crippen molar-refractivity contribution in [2.45, 2.75) is 19.3 Å². The number of allylic oxidation sites excluding steroid dienone is 1. The van der Waals surface area contributed by atoms with Crippen LogP contribution in [0, 0.1) is 6.42 Å². The first-order valence-electron chi connectivity index (χ1n) is 3.85. The Bertz CT molecular complexity index is 189. The predicted octanol–water partition coefficient (Wildman–Crippen LogP) is 2.12. The van der Waals surface area contributed by atoms with E-state index in [4.69, 9.17) is 0 Å². The van der Waals surface area contributed by atoms with E-state index in [1.54, 1.807) is 6.33 Å². The van der Waals surface area contributed by atoms with E-state index in [2.05, 4.69) is 23.0 Å². The summed E-state index contributed by atoms with van der Waals surface area (Å²) >= 11 is 0. The lowest BCUT2D eigenvalue weighted by molar-refractivity contribution is 0.804. The fourth-order valence-corrected chi connectivity index (χ4v) is 0.947. The van der Waals surface area contributed by atoms with Gasteiger partial charge in [0.25, 0.3) is 0 Å². The van der Waals surface area contributed by atoms with E-state index < -0.39 is 0 Å². The molecule has 0 aromatic carbocycles. The van der Waals surface area contributed by atoms with Gasteiger partial charge in [0.15, 0.2) is 0 Å². The number of aromatic nitrogens is 2. The highest BCUT2D eigenvalue weighted by Gasteiger charge is 1.92. The van der Waals surface area contributed by atoms with E-state index in [9.17, 15) is 0 Å². The molecule has 2 nitrogen and oxygen atoms in total. The van der Waals surface area contributed by atoms with Crippen molar-refractivity contribution in [2.24, 2.45) is 0 Å². The molecule has 0 fully saturated rings. The first kappa shape index (κ1) is 8.05. The lowest BCUT2D eigenvalue weighted by Crippen LogP contribution is -1.84. The molecule has 0 saturated carbocycles. The van der Waals surface area contributed by atoms with Crippen LogP contribution < -0.4 is 0 Å². The van der Waals surface area contributed by atoms with Gasteiger partial charge in [0.05, 0.1) is 12.0 Å². The summed E-state index contributed by atoms with van der Waals surface area (Å²) in [6, 6.07) is 0. The van der Waals surface area contributed by atoms with E-state index in [0.717, 1.165) is 25.0 Å². The van der Waals surface area contributed by atoms with E-state index >= 15 is 0 Å². The highest BCUT2D eigenvalue weighted by atomic mass is 14.9. The van der Waals surface area contributed by atoms with Crippen molar-refractivity contribution in [3.05, 3.63) is 37.3 Å². The first-order valence-corrected chi connectivity index (χ1v) is 3.85. The maximum atomic E-state index is 4.12. The molecule has 1 N–H and O–H groups in total. The normalized spacial score (nSPS) is 9.82. The van der Waals surface area contributed by atoms with Crippen LogP contribution in [0.2, 0.25) is 0 Å². The van der Waals surface area contributed by atoms with Crippen LogP contribution in [0.1, 0.15) is 18.5 Å². The fourth-order valence-electron chi connectivity index (χ4n) is 0.947. The van der Waals surface area contributed by atoms with Gasteiger partial charge in [-0.05, 0) is 25.7 Å². The number of aryl methyl sites for hydroxylation is 1. The van der Waals surface area contributed by atoms with Crippen molar-refractivity contribution in [2.75, 3.05) is 0 Å². The Morgan fingerprint density at radius 2 is 2.55 bits per heavy atom. The van der Waals surface area contributed by atoms with Crippen LogP contribution >= 0.6 is 0 Å². The topological polar surface area (TPSA) is 28.7 Å². The number of hydrogen-bond donors (Lipinski definition) is 1. The Morgan fingerprint density at radius 1 is 1.64 bits per heavy atom. The van der Waals surface area contributed by atoms with Gasteiger partial charge in [0.1, 0.15) is 0 Å². The van der Waals surface area contributed by atoms with Crippen molar-refractivity contribution in [1.82, 2.24) is 9.97 Å². The molecule has 0 aliphatic carbocycles. The third-order valence-corrected chi connectivity index (χ3v) is 1.53. The summed E-state index contributed by atoms with van der Waals surface area (Å²) in [5, 5.41) is 0. The molecule has 0 atom stereocenters. The van der Waals surface area contributed by atoms with Crippen LogP contribution in [0.15, 0.2) is 25.2 Å². The Labute approximate surface area is 67.4 Å². The molecule has 1 aromatic heterocycles. The monoisotopic (exact) mass is 149 g/mol. The lowest BCUT2D eigenvalue weighted by Gasteiger charge is -1.93. The third-order valence-electron chi connectivity index (χ3n) is 1.53. The summed E-state index contributed by atoms with van der Waals surface area (Å²) in [6.07, 6.45) is 10.9. The van der Waals surface area contributed by atoms with E-state index in [1.807, 2.05) is 12.3 Å². The van der Waals surface area contributed by atoms with Crippen LogP contribution in [-0.4, -0.2) is 9.97 Å². The molecular formula is C9H13N2. The molecule has 0 unspecified atom stereocenters. The molecule has 0 bridgehead atoms. The second-order valence-corrected chi connectivity index (χ2v) is 2.42. The highest BCUT2D eigenvalue weighted by molar-refractivity contribution is 4.95. The molecular weight excluding hydrogens is 136 g/mol. The van der Waals surface area contributed by atoms with Crippen molar-refractivity contribution in [1.29, 1.82) is 0 Å². The first-order chi connectivity index (χ1) is 5.43. The molecule has 59 valence electrons. The average molecular weight is 149 g/mol. The summed E-state index contributed by atoms with van der Waals surface area (Å²) in [5.74, 6) is 0. The zero-order valence-electron chi connectivity index (χ0n) is 6.59. The van der Waals surface area contributed by atoms with Gasteiger partial charge in [-0.15, -0.1) is 6.58 Å². The zero-order chi connectivity index (χ0) is 7.94. The number of nitrogens with one attached hydrogen (secondary N) is 1. The van der Waals surface area contributed by atoms with Crippen LogP contribution in [0.4, 0.5) is 0 Å². The largest absolute Gasteiger partial charge is 0.351 e. The molecule has 0 saturated heterocycles. The van der Waals surface area contributed by atoms with Crippen molar-refractivity contribution >= 4 is 0 Å². The van der Waals surface area contributed by atoms with Gasteiger partial charge < -0.3 is 4.98 Å². The van der Waals surface area contributed by atoms with Crippen LogP contribution in [-0.2, 0) is 6.42 Å². The van der Waals surface area contributed by atoms with Gasteiger partial charge in [-0.3, -0.25) is 0 Å². The van der Waals surface area contributed by atoms with E-state index in [1.165, 1.54) is 0 Å². The Morgan fingerprint density at radius 3 is 3.18 bits per heavy atom. The number of H-pyrrole nitrogens is 1. The lowest BCUT2D eigenvalue weighted by atomic mass is 10.1. The number of nitrogens with zero attached hydrogens (tertiary/aromatic N) is 1. The highest BCUT2D eigenvalue weighted by Crippen LogP contribution is 2.01. The summed E-state index contributed by atoms with van der Waals surface area (Å²) < 4.78 is 0. The minimum Gasteiger partial charge on any atom is -0.351 e. The fraction of sp³-hybridized carbons (Fsp3) is 0.333. The van der Waals surface area contributed by atoms with E-state index in [-0.39, 0.29) is 0 Å². The average Bonchev–Trinajstić information content (AvgIpc) is 2.50. The van der Waals surface area contributed by atoms with Crippen LogP contribution in [0.5, 0.6) is 0 Å². The number of hydrogen-bond acceptors (Lipinski definition) is 1. The Hall–Kier alpha value is -1.05. The molecule has 1 aromatic rings. The second kappa shape index (κ2) is 4.72. The zero-order valence-corrected chi connectivity index (χ0v) is 6.59. The molecule has 11 heavy (non-hydrogen) atoms. The molecule has 0 aliphatic heterocycles. The van der Waals surface area contributed by atoms with Crippen molar-refractivity contribution in [3.8, 4) is 0 Å². The quantitative estimate of drug-likeness (QED) is 0.638. The molecule has 2 heteroatoms. The smallest absolute Gasteiger partial charge is 0.0923 e. The van der Waals surface area contributed by atoms with E-state index in [0.29, 0.717) is 0 Å². The van der Waals surface area contributed by atoms with Crippen molar-refractivity contribution in [3.63, 3.8) is 0 Å². The van der Waals surface area contributed by atoms with Gasteiger partial charge in [-0.2, -0.15) is 0 Å². The minimum atomic E-state index is 1.05. The summed E-state index contributed by atoms with van der Waals surface area (Å²) in [4.78, 5) is 7.05. The summed E-state index contributed by atoms with van der Waals surface area (Å²) in [6.45, 7) is 3.62. The number of aromatic amines is 1. The molecule has 0 amide bonds. The Balaban J connectivity index is 2.09. The van der Waals surface area contributed by atoms with Crippen LogP contribution in [0.3, 0.4) is 0 Å². The van der Waals surface area contributed by atoms with Gasteiger partial charge in [-0.25, -0.2) is 4.98 Å². The standard InChI is InChI=1S/C9H13N2/c1-2-3-4-5-6-9-7-10-8-11-9/h2-3,7-8H,1,4-6H2,(H,10,11). The maximum absolute atomic E-state index is 4.12. The molecule has 1 heterocycles. The predicted molar refractivity (Wildman–Crippen MR) is 46.0 cm³/mol. The summed E-state index contributed by atoms with van der Waals surface area (Å²) in [5.41, 5.74) is 1.14. The Kier molecular flexibility index (Phi) is 3.45. The molecule has 0 spiro atoms. The number of rotatable bonds is 5. The molecule has 1 radical (unpaired) electrons. The van der Waals surface area contributed by atoms with Gasteiger partial charge in [0.2, 0.25) is 0 Å². The third kappa shape index (κ3) is 3.03. The van der Waals surface area contributed by atoms with Gasteiger partial charge in [-0.1, -0.05) is 6.08 Å². The molecule has 0 aliphatic rings. The van der Waals surface area contributed by atoms with Crippen LogP contribution in [0.25, 0.3) is 0 Å². The van der Waals surface area contributed by atoms with Gasteiger partial charge in [0, 0.05) is 6.20 Å². The minimum absolute atomic E-state index is 1.05. The van der Waals surface area contributed by atoms with Gasteiger partial charge >= 0.3 is 0 Å². The van der Waals surface area contributed by atoms with Crippen molar-refractivity contribution < 1.29 is 0 Å². The second-order valence-electron chi connectivity index (χ2n) is 2.42.